The Bertz CT molecular complexity index is 326. The van der Waals surface area contributed by atoms with Crippen molar-refractivity contribution < 1.29 is 5.11 Å². The Balaban J connectivity index is 0.00000112. The van der Waals surface area contributed by atoms with E-state index in [9.17, 15) is 5.11 Å². The number of anilines is 1. The Kier molecular flexibility index (Phi) is 3.90. The molecule has 2 heterocycles. The molecule has 5 heteroatoms. The molecule has 0 radical (unpaired) electrons. The Morgan fingerprint density at radius 3 is 2.67 bits per heavy atom. The van der Waals surface area contributed by atoms with E-state index in [2.05, 4.69) is 10.3 Å². The summed E-state index contributed by atoms with van der Waals surface area (Å²) in [5, 5.41) is 13.5. The number of nitrogen functional groups attached to an aromatic ring is 1. The Morgan fingerprint density at radius 2 is 2.07 bits per heavy atom. The molecular weight excluding hydrogens is 214 g/mol. The molecule has 1 aliphatic heterocycles. The first-order valence-electron chi connectivity index (χ1n) is 4.86. The highest BCUT2D eigenvalue weighted by molar-refractivity contribution is 5.85. The zero-order valence-corrected chi connectivity index (χ0v) is 9.26. The second kappa shape index (κ2) is 4.79. The number of piperidine rings is 1. The van der Waals surface area contributed by atoms with Crippen LogP contribution < -0.4 is 11.1 Å². The van der Waals surface area contributed by atoms with Gasteiger partial charge in [0.2, 0.25) is 0 Å². The van der Waals surface area contributed by atoms with Crippen LogP contribution >= 0.6 is 12.4 Å². The summed E-state index contributed by atoms with van der Waals surface area (Å²) in [7, 11) is 0. The fourth-order valence-electron chi connectivity index (χ4n) is 1.88. The molecule has 0 bridgehead atoms. The normalized spacial score (nSPS) is 19.3. The van der Waals surface area contributed by atoms with Gasteiger partial charge in [-0.05, 0) is 38.1 Å². The van der Waals surface area contributed by atoms with Gasteiger partial charge in [-0.1, -0.05) is 0 Å². The highest BCUT2D eigenvalue weighted by Gasteiger charge is 2.33. The molecule has 15 heavy (non-hydrogen) atoms. The molecule has 0 saturated carbocycles. The Labute approximate surface area is 95.3 Å². The van der Waals surface area contributed by atoms with Crippen molar-refractivity contribution >= 4 is 18.1 Å². The first-order valence-corrected chi connectivity index (χ1v) is 4.86. The summed E-state index contributed by atoms with van der Waals surface area (Å²) in [4.78, 5) is 4.17. The van der Waals surface area contributed by atoms with Gasteiger partial charge in [0, 0.05) is 6.20 Å². The molecule has 0 aromatic carbocycles. The van der Waals surface area contributed by atoms with Gasteiger partial charge in [0.15, 0.2) is 0 Å². The smallest absolute Gasteiger partial charge is 0.111 e. The van der Waals surface area contributed by atoms with E-state index >= 15 is 0 Å². The van der Waals surface area contributed by atoms with E-state index in [1.807, 2.05) is 0 Å². The van der Waals surface area contributed by atoms with Crippen molar-refractivity contribution in [3.8, 4) is 0 Å². The van der Waals surface area contributed by atoms with E-state index in [1.165, 1.54) is 0 Å². The Hall–Kier alpha value is -0.840. The summed E-state index contributed by atoms with van der Waals surface area (Å²) in [5.74, 6) is 0. The minimum Gasteiger partial charge on any atom is -0.397 e. The summed E-state index contributed by atoms with van der Waals surface area (Å²) in [6.07, 6.45) is 3.02. The molecule has 84 valence electrons. The average molecular weight is 230 g/mol. The average Bonchev–Trinajstić information content (AvgIpc) is 2.19. The number of nitrogens with zero attached hydrogens (tertiary/aromatic N) is 1. The molecule has 1 aromatic rings. The third kappa shape index (κ3) is 2.40. The van der Waals surface area contributed by atoms with Crippen LogP contribution in [0.25, 0.3) is 0 Å². The first kappa shape index (κ1) is 12.2. The van der Waals surface area contributed by atoms with Crippen molar-refractivity contribution in [3.05, 3.63) is 24.0 Å². The third-order valence-electron chi connectivity index (χ3n) is 2.71. The maximum atomic E-state index is 10.3. The van der Waals surface area contributed by atoms with Gasteiger partial charge in [-0.25, -0.2) is 0 Å². The van der Waals surface area contributed by atoms with Crippen LogP contribution in [0.4, 0.5) is 5.69 Å². The number of pyridine rings is 1. The summed E-state index contributed by atoms with van der Waals surface area (Å²) < 4.78 is 0. The number of nitrogens with two attached hydrogens (primary N) is 1. The number of hydrogen-bond donors (Lipinski definition) is 3. The maximum absolute atomic E-state index is 10.3. The van der Waals surface area contributed by atoms with Crippen molar-refractivity contribution in [2.75, 3.05) is 18.8 Å². The topological polar surface area (TPSA) is 71.2 Å². The molecule has 2 rings (SSSR count). The molecule has 1 fully saturated rings. The van der Waals surface area contributed by atoms with Gasteiger partial charge in [-0.2, -0.15) is 0 Å². The monoisotopic (exact) mass is 229 g/mol. The van der Waals surface area contributed by atoms with Crippen LogP contribution in [0.1, 0.15) is 18.5 Å². The third-order valence-corrected chi connectivity index (χ3v) is 2.71. The number of nitrogens with one attached hydrogen (secondary N) is 1. The zero-order chi connectivity index (χ0) is 10.0. The van der Waals surface area contributed by atoms with E-state index in [1.54, 1.807) is 18.3 Å². The van der Waals surface area contributed by atoms with Crippen molar-refractivity contribution in [1.29, 1.82) is 0 Å². The van der Waals surface area contributed by atoms with Gasteiger partial charge in [0.05, 0.1) is 11.4 Å². The number of halogens is 1. The molecule has 0 unspecified atom stereocenters. The lowest BCUT2D eigenvalue weighted by atomic mass is 9.88. The van der Waals surface area contributed by atoms with Crippen LogP contribution in [0.3, 0.4) is 0 Å². The second-order valence-electron chi connectivity index (χ2n) is 3.72. The fourth-order valence-corrected chi connectivity index (χ4v) is 1.88. The summed E-state index contributed by atoms with van der Waals surface area (Å²) >= 11 is 0. The van der Waals surface area contributed by atoms with E-state index in [4.69, 9.17) is 5.73 Å². The molecule has 0 aliphatic carbocycles. The van der Waals surface area contributed by atoms with Gasteiger partial charge in [-0.3, -0.25) is 4.98 Å². The number of rotatable bonds is 1. The molecule has 1 aliphatic rings. The van der Waals surface area contributed by atoms with Gasteiger partial charge in [0.1, 0.15) is 5.60 Å². The standard InChI is InChI=1S/C10H15N3O.ClH/c11-8-2-1-5-13-9(8)10(14)3-6-12-7-4-10;/h1-2,5,12,14H,3-4,6-7,11H2;1H. The maximum Gasteiger partial charge on any atom is 0.111 e. The van der Waals surface area contributed by atoms with Crippen molar-refractivity contribution in [2.45, 2.75) is 18.4 Å². The quantitative estimate of drug-likeness (QED) is 0.662. The predicted octanol–water partition coefficient (Wildman–Crippen LogP) is 0.657. The zero-order valence-electron chi connectivity index (χ0n) is 8.44. The van der Waals surface area contributed by atoms with Crippen LogP contribution in [-0.2, 0) is 5.60 Å². The number of aliphatic hydroxyl groups is 1. The van der Waals surface area contributed by atoms with Crippen molar-refractivity contribution in [2.24, 2.45) is 0 Å². The lowest BCUT2D eigenvalue weighted by molar-refractivity contribution is 0.00265. The fraction of sp³-hybridized carbons (Fsp3) is 0.500. The lowest BCUT2D eigenvalue weighted by Crippen LogP contribution is -2.40. The molecular formula is C10H16ClN3O. The molecule has 1 aromatic heterocycles. The van der Waals surface area contributed by atoms with Crippen molar-refractivity contribution in [3.63, 3.8) is 0 Å². The molecule has 4 N–H and O–H groups in total. The first-order chi connectivity index (χ1) is 6.72. The number of hydrogen-bond acceptors (Lipinski definition) is 4. The van der Waals surface area contributed by atoms with Crippen LogP contribution in [0.5, 0.6) is 0 Å². The highest BCUT2D eigenvalue weighted by Crippen LogP contribution is 2.31. The van der Waals surface area contributed by atoms with Crippen LogP contribution in [0.15, 0.2) is 18.3 Å². The molecule has 0 atom stereocenters. The van der Waals surface area contributed by atoms with E-state index in [0.29, 0.717) is 24.2 Å². The summed E-state index contributed by atoms with van der Waals surface area (Å²) in [6, 6.07) is 3.56. The predicted molar refractivity (Wildman–Crippen MR) is 61.9 cm³/mol. The summed E-state index contributed by atoms with van der Waals surface area (Å²) in [6.45, 7) is 1.62. The lowest BCUT2D eigenvalue weighted by Gasteiger charge is -2.32. The van der Waals surface area contributed by atoms with E-state index in [0.717, 1.165) is 13.1 Å². The van der Waals surface area contributed by atoms with Gasteiger partial charge < -0.3 is 16.2 Å². The molecule has 4 nitrogen and oxygen atoms in total. The van der Waals surface area contributed by atoms with Crippen LogP contribution in [0, 0.1) is 0 Å². The highest BCUT2D eigenvalue weighted by atomic mass is 35.5. The van der Waals surface area contributed by atoms with Gasteiger partial charge >= 0.3 is 0 Å². The SMILES string of the molecule is Cl.Nc1cccnc1C1(O)CCNCC1. The van der Waals surface area contributed by atoms with E-state index < -0.39 is 5.60 Å². The minimum atomic E-state index is -0.837. The second-order valence-corrected chi connectivity index (χ2v) is 3.72. The summed E-state index contributed by atoms with van der Waals surface area (Å²) in [5.41, 5.74) is 6.16. The molecule has 0 spiro atoms. The molecule has 0 amide bonds. The van der Waals surface area contributed by atoms with Crippen molar-refractivity contribution in [1.82, 2.24) is 10.3 Å². The Morgan fingerprint density at radius 1 is 1.40 bits per heavy atom. The van der Waals surface area contributed by atoms with Crippen LogP contribution in [-0.4, -0.2) is 23.2 Å². The van der Waals surface area contributed by atoms with Gasteiger partial charge in [-0.15, -0.1) is 12.4 Å². The van der Waals surface area contributed by atoms with Gasteiger partial charge in [0.25, 0.3) is 0 Å². The number of aromatic nitrogens is 1. The largest absolute Gasteiger partial charge is 0.397 e. The van der Waals surface area contributed by atoms with Crippen LogP contribution in [0.2, 0.25) is 0 Å². The van der Waals surface area contributed by atoms with E-state index in [-0.39, 0.29) is 12.4 Å². The minimum absolute atomic E-state index is 0. The molecule has 1 saturated heterocycles.